The first kappa shape index (κ1) is 14.0. The summed E-state index contributed by atoms with van der Waals surface area (Å²) in [5.41, 5.74) is 6.77. The SMILES string of the molecule is C[C@@]1(c2cccc(Oc3ccccc3)c2)CCSC(N)=N1. The maximum atomic E-state index is 5.90. The van der Waals surface area contributed by atoms with Gasteiger partial charge in [-0.1, -0.05) is 42.1 Å². The van der Waals surface area contributed by atoms with Crippen LogP contribution in [0.5, 0.6) is 11.5 Å². The van der Waals surface area contributed by atoms with Crippen LogP contribution >= 0.6 is 11.8 Å². The minimum absolute atomic E-state index is 0.259. The van der Waals surface area contributed by atoms with Gasteiger partial charge < -0.3 is 10.5 Å². The predicted molar refractivity (Wildman–Crippen MR) is 89.0 cm³/mol. The van der Waals surface area contributed by atoms with Gasteiger partial charge in [-0.05, 0) is 43.2 Å². The van der Waals surface area contributed by atoms with Gasteiger partial charge in [0.2, 0.25) is 0 Å². The van der Waals surface area contributed by atoms with Crippen LogP contribution in [0.15, 0.2) is 59.6 Å². The topological polar surface area (TPSA) is 47.6 Å². The molecule has 0 unspecified atom stereocenters. The van der Waals surface area contributed by atoms with E-state index in [1.165, 1.54) is 0 Å². The molecular weight excluding hydrogens is 280 g/mol. The molecule has 108 valence electrons. The number of hydrogen-bond donors (Lipinski definition) is 1. The molecule has 0 saturated heterocycles. The second-order valence-corrected chi connectivity index (χ2v) is 6.38. The van der Waals surface area contributed by atoms with Gasteiger partial charge in [-0.15, -0.1) is 0 Å². The molecule has 0 amide bonds. The quantitative estimate of drug-likeness (QED) is 0.926. The van der Waals surface area contributed by atoms with Crippen LogP contribution < -0.4 is 10.5 Å². The summed E-state index contributed by atoms with van der Waals surface area (Å²) < 4.78 is 5.90. The van der Waals surface area contributed by atoms with E-state index >= 15 is 0 Å². The third-order valence-corrected chi connectivity index (χ3v) is 4.43. The number of amidine groups is 1. The summed E-state index contributed by atoms with van der Waals surface area (Å²) in [6, 6.07) is 17.9. The molecule has 4 heteroatoms. The van der Waals surface area contributed by atoms with Gasteiger partial charge in [0.25, 0.3) is 0 Å². The maximum absolute atomic E-state index is 5.90. The van der Waals surface area contributed by atoms with Crippen molar-refractivity contribution < 1.29 is 4.74 Å². The Hall–Kier alpha value is -1.94. The lowest BCUT2D eigenvalue weighted by atomic mass is 9.90. The Morgan fingerprint density at radius 3 is 2.62 bits per heavy atom. The monoisotopic (exact) mass is 298 g/mol. The molecule has 1 aliphatic rings. The van der Waals surface area contributed by atoms with Gasteiger partial charge in [-0.2, -0.15) is 0 Å². The molecular formula is C17H18N2OS. The molecule has 0 fully saturated rings. The predicted octanol–water partition coefficient (Wildman–Crippen LogP) is 4.15. The molecule has 2 aromatic carbocycles. The summed E-state index contributed by atoms with van der Waals surface area (Å²) in [5.74, 6) is 2.66. The Balaban J connectivity index is 1.88. The van der Waals surface area contributed by atoms with E-state index in [0.29, 0.717) is 5.17 Å². The van der Waals surface area contributed by atoms with Gasteiger partial charge in [0.05, 0.1) is 5.54 Å². The van der Waals surface area contributed by atoms with Crippen molar-refractivity contribution in [1.29, 1.82) is 0 Å². The van der Waals surface area contributed by atoms with Gasteiger partial charge in [0, 0.05) is 5.75 Å². The van der Waals surface area contributed by atoms with Crippen molar-refractivity contribution in [3.63, 3.8) is 0 Å². The van der Waals surface area contributed by atoms with Crippen molar-refractivity contribution in [3.8, 4) is 11.5 Å². The van der Waals surface area contributed by atoms with Crippen LogP contribution in [0.2, 0.25) is 0 Å². The molecule has 3 nitrogen and oxygen atoms in total. The Labute approximate surface area is 129 Å². The van der Waals surface area contributed by atoms with Gasteiger partial charge in [0.15, 0.2) is 5.17 Å². The number of aliphatic imine (C=N–C) groups is 1. The summed E-state index contributed by atoms with van der Waals surface area (Å²) in [6.45, 7) is 2.13. The minimum atomic E-state index is -0.259. The van der Waals surface area contributed by atoms with Crippen molar-refractivity contribution >= 4 is 16.9 Å². The third kappa shape index (κ3) is 3.22. The van der Waals surface area contributed by atoms with Gasteiger partial charge >= 0.3 is 0 Å². The van der Waals surface area contributed by atoms with Gasteiger partial charge in [-0.3, -0.25) is 4.99 Å². The molecule has 1 heterocycles. The number of ether oxygens (including phenoxy) is 1. The molecule has 21 heavy (non-hydrogen) atoms. The fourth-order valence-corrected chi connectivity index (χ4v) is 3.39. The minimum Gasteiger partial charge on any atom is -0.457 e. The van der Waals surface area contributed by atoms with E-state index in [-0.39, 0.29) is 5.54 Å². The van der Waals surface area contributed by atoms with E-state index in [9.17, 15) is 0 Å². The second-order valence-electron chi connectivity index (χ2n) is 5.27. The Morgan fingerprint density at radius 1 is 1.10 bits per heavy atom. The van der Waals surface area contributed by atoms with Crippen molar-refractivity contribution in [3.05, 3.63) is 60.2 Å². The summed E-state index contributed by atoms with van der Waals surface area (Å²) in [6.07, 6.45) is 0.979. The molecule has 0 saturated carbocycles. The highest BCUT2D eigenvalue weighted by Crippen LogP contribution is 2.36. The largest absolute Gasteiger partial charge is 0.457 e. The molecule has 2 aromatic rings. The summed E-state index contributed by atoms with van der Waals surface area (Å²) in [5, 5.41) is 0.665. The van der Waals surface area contributed by atoms with E-state index in [1.54, 1.807) is 11.8 Å². The first-order chi connectivity index (χ1) is 10.2. The smallest absolute Gasteiger partial charge is 0.154 e. The average Bonchev–Trinajstić information content (AvgIpc) is 2.48. The molecule has 1 atom stereocenters. The molecule has 0 aliphatic carbocycles. The Bertz CT molecular complexity index is 657. The average molecular weight is 298 g/mol. The summed E-state index contributed by atoms with van der Waals surface area (Å²) in [7, 11) is 0. The van der Waals surface area contributed by atoms with Crippen molar-refractivity contribution in [2.45, 2.75) is 18.9 Å². The third-order valence-electron chi connectivity index (χ3n) is 3.63. The highest BCUT2D eigenvalue weighted by molar-refractivity contribution is 8.13. The lowest BCUT2D eigenvalue weighted by Gasteiger charge is -2.30. The first-order valence-corrected chi connectivity index (χ1v) is 7.96. The summed E-state index contributed by atoms with van der Waals surface area (Å²) in [4.78, 5) is 4.63. The van der Waals surface area contributed by atoms with Crippen LogP contribution in [0.1, 0.15) is 18.9 Å². The zero-order chi connectivity index (χ0) is 14.7. The first-order valence-electron chi connectivity index (χ1n) is 6.97. The molecule has 0 aromatic heterocycles. The van der Waals surface area contributed by atoms with Crippen LogP contribution in [-0.4, -0.2) is 10.9 Å². The lowest BCUT2D eigenvalue weighted by molar-refractivity contribution is 0.462. The van der Waals surface area contributed by atoms with Crippen molar-refractivity contribution in [2.24, 2.45) is 10.7 Å². The second kappa shape index (κ2) is 5.82. The Morgan fingerprint density at radius 2 is 1.86 bits per heavy atom. The van der Waals surface area contributed by atoms with Crippen molar-refractivity contribution in [2.75, 3.05) is 5.75 Å². The molecule has 2 N–H and O–H groups in total. The van der Waals surface area contributed by atoms with Crippen molar-refractivity contribution in [1.82, 2.24) is 0 Å². The van der Waals surface area contributed by atoms with Crippen LogP contribution in [0.25, 0.3) is 0 Å². The number of para-hydroxylation sites is 1. The number of nitrogens with zero attached hydrogens (tertiary/aromatic N) is 1. The molecule has 3 rings (SSSR count). The standard InChI is InChI=1S/C17H18N2OS/c1-17(10-11-21-16(18)19-17)13-6-5-9-15(12-13)20-14-7-3-2-4-8-14/h2-9,12H,10-11H2,1H3,(H2,18,19)/t17-/m0/s1. The molecule has 0 spiro atoms. The highest BCUT2D eigenvalue weighted by atomic mass is 32.2. The van der Waals surface area contributed by atoms with Gasteiger partial charge in [-0.25, -0.2) is 0 Å². The van der Waals surface area contributed by atoms with Crippen LogP contribution in [0, 0.1) is 0 Å². The number of hydrogen-bond acceptors (Lipinski definition) is 4. The fourth-order valence-electron chi connectivity index (χ4n) is 2.41. The zero-order valence-corrected chi connectivity index (χ0v) is 12.8. The summed E-state index contributed by atoms with van der Waals surface area (Å²) >= 11 is 1.62. The number of nitrogens with two attached hydrogens (primary N) is 1. The number of rotatable bonds is 3. The molecule has 0 bridgehead atoms. The maximum Gasteiger partial charge on any atom is 0.154 e. The van der Waals surface area contributed by atoms with E-state index < -0.39 is 0 Å². The molecule has 0 radical (unpaired) electrons. The zero-order valence-electron chi connectivity index (χ0n) is 12.0. The van der Waals surface area contributed by atoms with Crippen LogP contribution in [-0.2, 0) is 5.54 Å². The fraction of sp³-hybridized carbons (Fsp3) is 0.235. The number of thioether (sulfide) groups is 1. The van der Waals surface area contributed by atoms with Crippen LogP contribution in [0.3, 0.4) is 0 Å². The van der Waals surface area contributed by atoms with E-state index in [0.717, 1.165) is 29.2 Å². The lowest BCUT2D eigenvalue weighted by Crippen LogP contribution is -2.28. The van der Waals surface area contributed by atoms with Gasteiger partial charge in [0.1, 0.15) is 11.5 Å². The Kier molecular flexibility index (Phi) is 3.88. The number of benzene rings is 2. The highest BCUT2D eigenvalue weighted by Gasteiger charge is 2.29. The molecule has 1 aliphatic heterocycles. The van der Waals surface area contributed by atoms with E-state index in [1.807, 2.05) is 42.5 Å². The van der Waals surface area contributed by atoms with E-state index in [2.05, 4.69) is 24.0 Å². The normalized spacial score (nSPS) is 21.7. The van der Waals surface area contributed by atoms with E-state index in [4.69, 9.17) is 10.5 Å². The van der Waals surface area contributed by atoms with Crippen LogP contribution in [0.4, 0.5) is 0 Å².